The molecular weight excluding hydrogens is 450 g/mol. The number of rotatable bonds is 5. The molecule has 3 aromatic rings. The Kier molecular flexibility index (Phi) is 6.28. The SMILES string of the molecule is O=C(NC1CCCCC1F)c1cn2cc(Cl)cc(-c3ccccc3OCC(F)(F)F)c2n1. The summed E-state index contributed by atoms with van der Waals surface area (Å²) in [6, 6.07) is 7.18. The Morgan fingerprint density at radius 3 is 2.69 bits per heavy atom. The third-order valence-corrected chi connectivity index (χ3v) is 5.52. The average Bonchev–Trinajstić information content (AvgIpc) is 3.17. The van der Waals surface area contributed by atoms with Crippen molar-refractivity contribution in [2.45, 2.75) is 44.1 Å². The van der Waals surface area contributed by atoms with E-state index in [1.807, 2.05) is 0 Å². The van der Waals surface area contributed by atoms with Gasteiger partial charge in [0, 0.05) is 23.5 Å². The van der Waals surface area contributed by atoms with Crippen molar-refractivity contribution >= 4 is 23.2 Å². The number of nitrogens with zero attached hydrogens (tertiary/aromatic N) is 2. The Morgan fingerprint density at radius 1 is 1.19 bits per heavy atom. The van der Waals surface area contributed by atoms with Gasteiger partial charge in [-0.15, -0.1) is 0 Å². The maximum absolute atomic E-state index is 14.1. The summed E-state index contributed by atoms with van der Waals surface area (Å²) in [7, 11) is 0. The van der Waals surface area contributed by atoms with E-state index in [0.717, 1.165) is 12.8 Å². The van der Waals surface area contributed by atoms with Crippen molar-refractivity contribution in [1.29, 1.82) is 0 Å². The second-order valence-electron chi connectivity index (χ2n) is 7.71. The fourth-order valence-electron chi connectivity index (χ4n) is 3.84. The number of ether oxygens (including phenoxy) is 1. The molecule has 5 nitrogen and oxygen atoms in total. The zero-order valence-corrected chi connectivity index (χ0v) is 17.6. The first-order chi connectivity index (χ1) is 15.2. The molecule has 0 bridgehead atoms. The summed E-state index contributed by atoms with van der Waals surface area (Å²) < 4.78 is 58.6. The second kappa shape index (κ2) is 8.97. The largest absolute Gasteiger partial charge is 0.483 e. The van der Waals surface area contributed by atoms with Crippen molar-refractivity contribution in [2.24, 2.45) is 0 Å². The molecule has 32 heavy (non-hydrogen) atoms. The molecule has 0 radical (unpaired) electrons. The minimum Gasteiger partial charge on any atom is -0.483 e. The van der Waals surface area contributed by atoms with E-state index in [1.54, 1.807) is 24.3 Å². The van der Waals surface area contributed by atoms with Gasteiger partial charge in [0.2, 0.25) is 0 Å². The lowest BCUT2D eigenvalue weighted by Crippen LogP contribution is -2.43. The first-order valence-electron chi connectivity index (χ1n) is 10.1. The molecule has 1 amide bonds. The molecule has 2 unspecified atom stereocenters. The van der Waals surface area contributed by atoms with Crippen molar-refractivity contribution in [3.8, 4) is 16.9 Å². The number of aromatic nitrogens is 2. The first kappa shape index (κ1) is 22.4. The van der Waals surface area contributed by atoms with Crippen LogP contribution in [0.3, 0.4) is 0 Å². The van der Waals surface area contributed by atoms with Gasteiger partial charge in [0.15, 0.2) is 6.61 Å². The topological polar surface area (TPSA) is 55.6 Å². The molecule has 1 aliphatic rings. The lowest BCUT2D eigenvalue weighted by Gasteiger charge is -2.26. The number of halogens is 5. The number of hydrogen-bond acceptors (Lipinski definition) is 3. The van der Waals surface area contributed by atoms with Crippen LogP contribution in [0.1, 0.15) is 36.2 Å². The highest BCUT2D eigenvalue weighted by Crippen LogP contribution is 2.35. The summed E-state index contributed by atoms with van der Waals surface area (Å²) in [5.41, 5.74) is 1.11. The molecule has 170 valence electrons. The number of carbonyl (C=O) groups excluding carboxylic acids is 1. The third-order valence-electron chi connectivity index (χ3n) is 5.32. The van der Waals surface area contributed by atoms with Crippen LogP contribution < -0.4 is 10.1 Å². The molecule has 1 N–H and O–H groups in total. The molecule has 0 spiro atoms. The molecule has 1 saturated carbocycles. The van der Waals surface area contributed by atoms with Crippen LogP contribution in [-0.2, 0) is 0 Å². The summed E-state index contributed by atoms with van der Waals surface area (Å²) in [4.78, 5) is 17.1. The van der Waals surface area contributed by atoms with Crippen LogP contribution >= 0.6 is 11.6 Å². The molecule has 0 aliphatic heterocycles. The van der Waals surface area contributed by atoms with Gasteiger partial charge in [-0.1, -0.05) is 42.6 Å². The molecular formula is C22H20ClF4N3O2. The predicted molar refractivity (Wildman–Crippen MR) is 112 cm³/mol. The van der Waals surface area contributed by atoms with Crippen LogP contribution in [0.5, 0.6) is 5.75 Å². The Bertz CT molecular complexity index is 1130. The standard InChI is InChI=1S/C22H20ClF4N3O2/c23-13-9-15(14-5-1-4-8-19(14)32-12-22(25,26)27)20-28-18(11-30(20)10-13)21(31)29-17-7-3-2-6-16(17)24/h1,4-5,8-11,16-17H,2-3,6-7,12H2,(H,29,31). The van der Waals surface area contributed by atoms with E-state index in [0.29, 0.717) is 34.6 Å². The van der Waals surface area contributed by atoms with E-state index in [4.69, 9.17) is 16.3 Å². The molecule has 2 aromatic heterocycles. The fourth-order valence-corrected chi connectivity index (χ4v) is 4.05. The monoisotopic (exact) mass is 469 g/mol. The van der Waals surface area contributed by atoms with Gasteiger partial charge in [0.05, 0.1) is 11.1 Å². The number of fused-ring (bicyclic) bond motifs is 1. The number of alkyl halides is 4. The third kappa shape index (κ3) is 4.98. The van der Waals surface area contributed by atoms with Crippen LogP contribution in [0.2, 0.25) is 5.02 Å². The van der Waals surface area contributed by atoms with E-state index in [-0.39, 0.29) is 11.4 Å². The Labute approximate surface area is 186 Å². The summed E-state index contributed by atoms with van der Waals surface area (Å²) >= 11 is 6.22. The number of amides is 1. The second-order valence-corrected chi connectivity index (χ2v) is 8.15. The number of hydrogen-bond donors (Lipinski definition) is 1. The van der Waals surface area contributed by atoms with E-state index in [2.05, 4.69) is 10.3 Å². The van der Waals surface area contributed by atoms with Gasteiger partial charge in [-0.25, -0.2) is 9.37 Å². The molecule has 2 heterocycles. The van der Waals surface area contributed by atoms with Gasteiger partial charge >= 0.3 is 6.18 Å². The minimum absolute atomic E-state index is 0.00506. The molecule has 1 aromatic carbocycles. The quantitative estimate of drug-likeness (QED) is 0.494. The summed E-state index contributed by atoms with van der Waals surface area (Å²) in [6.07, 6.45) is -0.0245. The maximum Gasteiger partial charge on any atom is 0.422 e. The molecule has 2 atom stereocenters. The van der Waals surface area contributed by atoms with E-state index in [1.165, 1.54) is 22.9 Å². The highest BCUT2D eigenvalue weighted by atomic mass is 35.5. The number of para-hydroxylation sites is 1. The maximum atomic E-state index is 14.1. The lowest BCUT2D eigenvalue weighted by molar-refractivity contribution is -0.153. The highest BCUT2D eigenvalue weighted by Gasteiger charge is 2.30. The zero-order valence-electron chi connectivity index (χ0n) is 16.8. The minimum atomic E-state index is -4.50. The number of imidazole rings is 1. The van der Waals surface area contributed by atoms with Gasteiger partial charge in [0.25, 0.3) is 5.91 Å². The van der Waals surface area contributed by atoms with Gasteiger partial charge in [-0.05, 0) is 25.0 Å². The number of carbonyl (C=O) groups is 1. The molecule has 1 aliphatic carbocycles. The predicted octanol–water partition coefficient (Wildman–Crippen LogP) is 5.61. The summed E-state index contributed by atoms with van der Waals surface area (Å²) in [5.74, 6) is -0.516. The van der Waals surface area contributed by atoms with Crippen molar-refractivity contribution < 1.29 is 27.1 Å². The van der Waals surface area contributed by atoms with Crippen LogP contribution in [-0.4, -0.2) is 40.3 Å². The van der Waals surface area contributed by atoms with Gasteiger partial charge in [0.1, 0.15) is 23.3 Å². The zero-order chi connectivity index (χ0) is 22.9. The van der Waals surface area contributed by atoms with Crippen LogP contribution in [0.25, 0.3) is 16.8 Å². The van der Waals surface area contributed by atoms with Crippen molar-refractivity contribution in [2.75, 3.05) is 6.61 Å². The normalized spacial score (nSPS) is 19.2. The highest BCUT2D eigenvalue weighted by molar-refractivity contribution is 6.31. The fraction of sp³-hybridized carbons (Fsp3) is 0.364. The molecule has 4 rings (SSSR count). The summed E-state index contributed by atoms with van der Waals surface area (Å²) in [5, 5.41) is 2.99. The molecule has 0 saturated heterocycles. The number of pyridine rings is 1. The van der Waals surface area contributed by atoms with Crippen molar-refractivity contribution in [3.05, 3.63) is 53.4 Å². The Balaban J connectivity index is 1.68. The smallest absolute Gasteiger partial charge is 0.422 e. The van der Waals surface area contributed by atoms with E-state index in [9.17, 15) is 22.4 Å². The van der Waals surface area contributed by atoms with Gasteiger partial charge in [-0.2, -0.15) is 13.2 Å². The van der Waals surface area contributed by atoms with Gasteiger partial charge in [-0.3, -0.25) is 4.79 Å². The first-order valence-corrected chi connectivity index (χ1v) is 10.5. The van der Waals surface area contributed by atoms with Crippen molar-refractivity contribution in [3.63, 3.8) is 0 Å². The lowest BCUT2D eigenvalue weighted by atomic mass is 9.93. The Hall–Kier alpha value is -2.81. The molecule has 1 fully saturated rings. The van der Waals surface area contributed by atoms with Crippen LogP contribution in [0.4, 0.5) is 17.6 Å². The number of benzene rings is 1. The van der Waals surface area contributed by atoms with E-state index >= 15 is 0 Å². The van der Waals surface area contributed by atoms with Gasteiger partial charge < -0.3 is 14.5 Å². The van der Waals surface area contributed by atoms with E-state index < -0.39 is 30.9 Å². The summed E-state index contributed by atoms with van der Waals surface area (Å²) in [6.45, 7) is -1.45. The molecule has 10 heteroatoms. The Morgan fingerprint density at radius 2 is 1.94 bits per heavy atom. The van der Waals surface area contributed by atoms with Crippen molar-refractivity contribution in [1.82, 2.24) is 14.7 Å². The average molecular weight is 470 g/mol. The van der Waals surface area contributed by atoms with Crippen LogP contribution in [0, 0.1) is 0 Å². The number of nitrogens with one attached hydrogen (secondary N) is 1. The van der Waals surface area contributed by atoms with Crippen LogP contribution in [0.15, 0.2) is 42.7 Å².